The van der Waals surface area contributed by atoms with Gasteiger partial charge in [-0.3, -0.25) is 14.9 Å². The van der Waals surface area contributed by atoms with Crippen molar-refractivity contribution >= 4 is 40.4 Å². The van der Waals surface area contributed by atoms with Gasteiger partial charge in [-0.25, -0.2) is 9.37 Å². The molecule has 0 radical (unpaired) electrons. The predicted octanol–water partition coefficient (Wildman–Crippen LogP) is 3.98. The van der Waals surface area contributed by atoms with Crippen molar-refractivity contribution < 1.29 is 13.9 Å². The summed E-state index contributed by atoms with van der Waals surface area (Å²) in [5.41, 5.74) is 2.22. The highest BCUT2D eigenvalue weighted by Gasteiger charge is 2.28. The van der Waals surface area contributed by atoms with Gasteiger partial charge >= 0.3 is 0 Å². The molecule has 2 N–H and O–H groups in total. The van der Waals surface area contributed by atoms with Gasteiger partial charge in [0.05, 0.1) is 40.9 Å². The SMILES string of the molecule is COC(c1c(F)c(Cl)c(-c2cn3cc(NC=O)nc3cn2)c2cn[nH]c12)C(C)C. The molecule has 0 bridgehead atoms. The minimum Gasteiger partial charge on any atom is -0.376 e. The molecule has 0 aliphatic carbocycles. The molecule has 29 heavy (non-hydrogen) atoms. The molecule has 0 aliphatic rings. The van der Waals surface area contributed by atoms with Gasteiger partial charge < -0.3 is 14.5 Å². The van der Waals surface area contributed by atoms with Crippen LogP contribution in [-0.2, 0) is 9.53 Å². The maximum atomic E-state index is 15.4. The van der Waals surface area contributed by atoms with E-state index >= 15 is 4.39 Å². The van der Waals surface area contributed by atoms with Crippen LogP contribution in [0.25, 0.3) is 27.8 Å². The number of ether oxygens (including phenoxy) is 1. The summed E-state index contributed by atoms with van der Waals surface area (Å²) in [5.74, 6) is -0.179. The lowest BCUT2D eigenvalue weighted by Gasteiger charge is -2.22. The number of nitrogens with zero attached hydrogens (tertiary/aromatic N) is 4. The summed E-state index contributed by atoms with van der Waals surface area (Å²) in [7, 11) is 1.54. The Morgan fingerprint density at radius 1 is 1.34 bits per heavy atom. The van der Waals surface area contributed by atoms with Crippen LogP contribution in [0.2, 0.25) is 5.02 Å². The number of hydrogen-bond donors (Lipinski definition) is 2. The van der Waals surface area contributed by atoms with E-state index in [0.717, 1.165) is 0 Å². The summed E-state index contributed by atoms with van der Waals surface area (Å²) in [5, 5.41) is 10.0. The molecule has 1 amide bonds. The van der Waals surface area contributed by atoms with Crippen LogP contribution in [0, 0.1) is 11.7 Å². The number of aromatic nitrogens is 5. The van der Waals surface area contributed by atoms with Gasteiger partial charge in [0.1, 0.15) is 5.82 Å². The summed E-state index contributed by atoms with van der Waals surface area (Å²) in [4.78, 5) is 19.2. The molecule has 4 aromatic rings. The number of rotatable bonds is 6. The second-order valence-corrected chi connectivity index (χ2v) is 7.28. The Morgan fingerprint density at radius 2 is 2.14 bits per heavy atom. The van der Waals surface area contributed by atoms with Gasteiger partial charge in [-0.2, -0.15) is 5.10 Å². The van der Waals surface area contributed by atoms with Gasteiger partial charge in [0.15, 0.2) is 11.5 Å². The van der Waals surface area contributed by atoms with Crippen LogP contribution in [0.3, 0.4) is 0 Å². The van der Waals surface area contributed by atoms with Gasteiger partial charge in [0, 0.05) is 29.8 Å². The average molecular weight is 417 g/mol. The zero-order chi connectivity index (χ0) is 20.7. The van der Waals surface area contributed by atoms with Gasteiger partial charge in [-0.15, -0.1) is 0 Å². The summed E-state index contributed by atoms with van der Waals surface area (Å²) in [6.45, 7) is 3.88. The molecule has 0 spiro atoms. The first kappa shape index (κ1) is 19.3. The Balaban J connectivity index is 1.95. The van der Waals surface area contributed by atoms with Crippen molar-refractivity contribution in [2.45, 2.75) is 20.0 Å². The Bertz CT molecular complexity index is 1220. The largest absolute Gasteiger partial charge is 0.376 e. The zero-order valence-corrected chi connectivity index (χ0v) is 16.7. The quantitative estimate of drug-likeness (QED) is 0.463. The third-order valence-electron chi connectivity index (χ3n) is 4.77. The van der Waals surface area contributed by atoms with Crippen LogP contribution in [-0.4, -0.2) is 38.1 Å². The van der Waals surface area contributed by atoms with Crippen molar-refractivity contribution in [3.8, 4) is 11.3 Å². The van der Waals surface area contributed by atoms with Gasteiger partial charge in [0.2, 0.25) is 6.41 Å². The first-order valence-electron chi connectivity index (χ1n) is 8.88. The highest BCUT2D eigenvalue weighted by atomic mass is 35.5. The van der Waals surface area contributed by atoms with Crippen molar-refractivity contribution in [2.75, 3.05) is 12.4 Å². The average Bonchev–Trinajstić information content (AvgIpc) is 3.31. The number of methoxy groups -OCH3 is 1. The van der Waals surface area contributed by atoms with E-state index in [1.54, 1.807) is 23.0 Å². The van der Waals surface area contributed by atoms with Crippen LogP contribution < -0.4 is 5.32 Å². The molecule has 0 fully saturated rings. The maximum Gasteiger partial charge on any atom is 0.212 e. The maximum absolute atomic E-state index is 15.4. The van der Waals surface area contributed by atoms with Gasteiger partial charge in [-0.1, -0.05) is 25.4 Å². The lowest BCUT2D eigenvalue weighted by Crippen LogP contribution is -2.12. The molecule has 150 valence electrons. The summed E-state index contributed by atoms with van der Waals surface area (Å²) >= 11 is 6.48. The Morgan fingerprint density at radius 3 is 2.83 bits per heavy atom. The van der Waals surface area contributed by atoms with Crippen LogP contribution in [0.4, 0.5) is 10.2 Å². The highest BCUT2D eigenvalue weighted by Crippen LogP contribution is 2.42. The molecule has 4 rings (SSSR count). The van der Waals surface area contributed by atoms with E-state index in [2.05, 4.69) is 25.5 Å². The van der Waals surface area contributed by atoms with Gasteiger partial charge in [0.25, 0.3) is 0 Å². The van der Waals surface area contributed by atoms with Crippen LogP contribution in [0.15, 0.2) is 24.8 Å². The van der Waals surface area contributed by atoms with Crippen LogP contribution in [0.1, 0.15) is 25.5 Å². The molecule has 1 aromatic carbocycles. The van der Waals surface area contributed by atoms with Crippen LogP contribution >= 0.6 is 11.6 Å². The second-order valence-electron chi connectivity index (χ2n) is 6.90. The summed E-state index contributed by atoms with van der Waals surface area (Å²) < 4.78 is 22.6. The number of H-pyrrole nitrogens is 1. The van der Waals surface area contributed by atoms with E-state index in [1.807, 2.05) is 13.8 Å². The van der Waals surface area contributed by atoms with Crippen molar-refractivity contribution in [2.24, 2.45) is 5.92 Å². The number of anilines is 1. The first-order chi connectivity index (χ1) is 14.0. The number of aromatic amines is 1. The van der Waals surface area contributed by atoms with Gasteiger partial charge in [-0.05, 0) is 5.92 Å². The molecule has 0 aliphatic heterocycles. The van der Waals surface area contributed by atoms with E-state index < -0.39 is 11.9 Å². The predicted molar refractivity (Wildman–Crippen MR) is 107 cm³/mol. The number of carbonyl (C=O) groups excluding carboxylic acids is 1. The van der Waals surface area contributed by atoms with E-state index in [9.17, 15) is 4.79 Å². The summed E-state index contributed by atoms with van der Waals surface area (Å²) in [6, 6.07) is 0. The molecule has 8 nitrogen and oxygen atoms in total. The third kappa shape index (κ3) is 3.12. The number of benzene rings is 1. The lowest BCUT2D eigenvalue weighted by molar-refractivity contribution is -0.105. The fourth-order valence-corrected chi connectivity index (χ4v) is 3.84. The Kier molecular flexibility index (Phi) is 4.93. The normalized spacial score (nSPS) is 12.8. The number of amides is 1. The minimum atomic E-state index is -0.574. The Hall–Kier alpha value is -3.04. The van der Waals surface area contributed by atoms with Crippen molar-refractivity contribution in [3.63, 3.8) is 0 Å². The van der Waals surface area contributed by atoms with Crippen molar-refractivity contribution in [3.05, 3.63) is 41.2 Å². The Labute approximate surface area is 170 Å². The zero-order valence-electron chi connectivity index (χ0n) is 15.9. The van der Waals surface area contributed by atoms with E-state index in [-0.39, 0.29) is 10.9 Å². The lowest BCUT2D eigenvalue weighted by atomic mass is 9.93. The number of hydrogen-bond acceptors (Lipinski definition) is 5. The highest BCUT2D eigenvalue weighted by molar-refractivity contribution is 6.35. The molecule has 1 unspecified atom stereocenters. The molecular weight excluding hydrogens is 399 g/mol. The number of fused-ring (bicyclic) bond motifs is 2. The minimum absolute atomic E-state index is 0.0204. The summed E-state index contributed by atoms with van der Waals surface area (Å²) in [6.07, 6.45) is 6.44. The molecule has 3 aromatic heterocycles. The van der Waals surface area contributed by atoms with E-state index in [1.165, 1.54) is 13.3 Å². The smallest absolute Gasteiger partial charge is 0.212 e. The molecule has 0 saturated heterocycles. The third-order valence-corrected chi connectivity index (χ3v) is 5.13. The number of carbonyl (C=O) groups is 1. The standard InChI is InChI=1S/C19H18ClFN6O2/c1-9(2)19(29-3)15-17(21)16(20)14(10-4-24-26-18(10)15)11-6-27-7-12(23-8-28)25-13(27)5-22-11/h4-9,19H,1-3H3,(H,23,28)(H,24,26). The molecule has 3 heterocycles. The number of halogens is 2. The fourth-order valence-electron chi connectivity index (χ4n) is 3.54. The van der Waals surface area contributed by atoms with Crippen molar-refractivity contribution in [1.82, 2.24) is 24.6 Å². The second kappa shape index (κ2) is 7.41. The molecule has 1 atom stereocenters. The molecule has 10 heteroatoms. The first-order valence-corrected chi connectivity index (χ1v) is 9.26. The van der Waals surface area contributed by atoms with Crippen molar-refractivity contribution in [1.29, 1.82) is 0 Å². The molecular formula is C19H18ClFN6O2. The fraction of sp³-hybridized carbons (Fsp3) is 0.263. The monoisotopic (exact) mass is 416 g/mol. The van der Waals surface area contributed by atoms with E-state index in [4.69, 9.17) is 16.3 Å². The number of imidazole rings is 1. The van der Waals surface area contributed by atoms with E-state index in [0.29, 0.717) is 45.6 Å². The van der Waals surface area contributed by atoms with Crippen LogP contribution in [0.5, 0.6) is 0 Å². The molecule has 0 saturated carbocycles. The number of nitrogens with one attached hydrogen (secondary N) is 2. The topological polar surface area (TPSA) is 97.2 Å².